The van der Waals surface area contributed by atoms with E-state index in [1.165, 1.54) is 0 Å². The molecule has 5 nitrogen and oxygen atoms in total. The van der Waals surface area contributed by atoms with Crippen LogP contribution < -0.4 is 5.32 Å². The van der Waals surface area contributed by atoms with Gasteiger partial charge in [0.2, 0.25) is 0 Å². The van der Waals surface area contributed by atoms with Crippen LogP contribution in [0.1, 0.15) is 52.4 Å². The molecule has 1 heterocycles. The maximum Gasteiger partial charge on any atom is 0.317 e. The lowest BCUT2D eigenvalue weighted by Crippen LogP contribution is -2.46. The number of hydrogen-bond donors (Lipinski definition) is 2. The number of amides is 2. The molecule has 1 fully saturated rings. The van der Waals surface area contributed by atoms with Crippen molar-refractivity contribution in [3.8, 4) is 0 Å². The molecule has 1 aliphatic heterocycles. The summed E-state index contributed by atoms with van der Waals surface area (Å²) >= 11 is 0. The number of piperidine rings is 1. The van der Waals surface area contributed by atoms with E-state index in [-0.39, 0.29) is 12.5 Å². The van der Waals surface area contributed by atoms with Gasteiger partial charge in [0.25, 0.3) is 0 Å². The van der Waals surface area contributed by atoms with Crippen LogP contribution >= 0.6 is 0 Å². The van der Waals surface area contributed by atoms with Gasteiger partial charge in [0, 0.05) is 26.1 Å². The number of aliphatic carboxylic acids is 1. The van der Waals surface area contributed by atoms with Crippen molar-refractivity contribution in [1.29, 1.82) is 0 Å². The number of likely N-dealkylation sites (tertiary alicyclic amines) is 1. The minimum Gasteiger partial charge on any atom is -0.481 e. The maximum absolute atomic E-state index is 12.1. The zero-order valence-corrected chi connectivity index (χ0v) is 12.7. The van der Waals surface area contributed by atoms with Crippen molar-refractivity contribution in [2.45, 2.75) is 52.4 Å². The fraction of sp³-hybridized carbons (Fsp3) is 0.867. The first-order chi connectivity index (χ1) is 9.56. The van der Waals surface area contributed by atoms with Gasteiger partial charge >= 0.3 is 12.0 Å². The molecular weight excluding hydrogens is 256 g/mol. The Kier molecular flexibility index (Phi) is 7.41. The molecule has 0 aromatic heterocycles. The molecule has 0 saturated carbocycles. The van der Waals surface area contributed by atoms with Crippen LogP contribution in [0, 0.1) is 11.8 Å². The van der Waals surface area contributed by atoms with Gasteiger partial charge in [0.1, 0.15) is 0 Å². The summed E-state index contributed by atoms with van der Waals surface area (Å²) in [5, 5.41) is 11.7. The third-order valence-corrected chi connectivity index (χ3v) is 4.27. The first-order valence-electron chi connectivity index (χ1n) is 7.81. The van der Waals surface area contributed by atoms with E-state index >= 15 is 0 Å². The van der Waals surface area contributed by atoms with E-state index in [4.69, 9.17) is 5.11 Å². The SMILES string of the molecule is CCC(CC)CNC(=O)N1CCCC(CCC(=O)O)C1. The number of carbonyl (C=O) groups excluding carboxylic acids is 1. The highest BCUT2D eigenvalue weighted by atomic mass is 16.4. The van der Waals surface area contributed by atoms with Crippen LogP contribution in [0.15, 0.2) is 0 Å². The average Bonchev–Trinajstić information content (AvgIpc) is 2.46. The summed E-state index contributed by atoms with van der Waals surface area (Å²) in [4.78, 5) is 24.6. The van der Waals surface area contributed by atoms with E-state index < -0.39 is 5.97 Å². The normalized spacial score (nSPS) is 19.1. The van der Waals surface area contributed by atoms with E-state index in [1.807, 2.05) is 4.90 Å². The molecule has 5 heteroatoms. The van der Waals surface area contributed by atoms with Crippen LogP contribution in [0.3, 0.4) is 0 Å². The van der Waals surface area contributed by atoms with Crippen LogP contribution in [-0.4, -0.2) is 41.6 Å². The standard InChI is InChI=1S/C15H28N2O3/c1-3-12(4-2)10-16-15(20)17-9-5-6-13(11-17)7-8-14(18)19/h12-13H,3-11H2,1-2H3,(H,16,20)(H,18,19). The van der Waals surface area contributed by atoms with Gasteiger partial charge in [0.05, 0.1) is 0 Å². The van der Waals surface area contributed by atoms with Crippen molar-refractivity contribution in [2.75, 3.05) is 19.6 Å². The molecular formula is C15H28N2O3. The second-order valence-electron chi connectivity index (χ2n) is 5.76. The first kappa shape index (κ1) is 16.8. The van der Waals surface area contributed by atoms with Crippen LogP contribution in [0.5, 0.6) is 0 Å². The Bertz CT molecular complexity index is 316. The highest BCUT2D eigenvalue weighted by molar-refractivity contribution is 5.74. The van der Waals surface area contributed by atoms with Crippen molar-refractivity contribution in [2.24, 2.45) is 11.8 Å². The molecule has 1 aliphatic rings. The van der Waals surface area contributed by atoms with E-state index in [0.29, 0.717) is 24.8 Å². The second kappa shape index (κ2) is 8.82. The molecule has 0 spiro atoms. The van der Waals surface area contributed by atoms with Crippen molar-refractivity contribution < 1.29 is 14.7 Å². The molecule has 116 valence electrons. The van der Waals surface area contributed by atoms with E-state index in [0.717, 1.165) is 38.8 Å². The summed E-state index contributed by atoms with van der Waals surface area (Å²) in [7, 11) is 0. The number of rotatable bonds is 7. The topological polar surface area (TPSA) is 69.6 Å². The van der Waals surface area contributed by atoms with Crippen LogP contribution in [0.25, 0.3) is 0 Å². The smallest absolute Gasteiger partial charge is 0.317 e. The van der Waals surface area contributed by atoms with Gasteiger partial charge in [-0.2, -0.15) is 0 Å². The van der Waals surface area contributed by atoms with Crippen molar-refractivity contribution in [3.63, 3.8) is 0 Å². The lowest BCUT2D eigenvalue weighted by atomic mass is 9.93. The minimum atomic E-state index is -0.750. The zero-order valence-electron chi connectivity index (χ0n) is 12.7. The number of carboxylic acids is 1. The summed E-state index contributed by atoms with van der Waals surface area (Å²) in [6.07, 6.45) is 5.04. The quantitative estimate of drug-likeness (QED) is 0.755. The van der Waals surface area contributed by atoms with Crippen LogP contribution in [-0.2, 0) is 4.79 Å². The third kappa shape index (κ3) is 5.80. The summed E-state index contributed by atoms with van der Waals surface area (Å²) in [5.74, 6) is 0.130. The van der Waals surface area contributed by atoms with Gasteiger partial charge in [0.15, 0.2) is 0 Å². The molecule has 20 heavy (non-hydrogen) atoms. The van der Waals surface area contributed by atoms with Gasteiger partial charge in [-0.25, -0.2) is 4.79 Å². The van der Waals surface area contributed by atoms with Crippen LogP contribution in [0.4, 0.5) is 4.79 Å². The highest BCUT2D eigenvalue weighted by Gasteiger charge is 2.24. The third-order valence-electron chi connectivity index (χ3n) is 4.27. The fourth-order valence-corrected chi connectivity index (χ4v) is 2.73. The van der Waals surface area contributed by atoms with Crippen molar-refractivity contribution in [3.05, 3.63) is 0 Å². The molecule has 1 saturated heterocycles. The molecule has 1 rings (SSSR count). The predicted octanol–water partition coefficient (Wildman–Crippen LogP) is 2.71. The maximum atomic E-state index is 12.1. The lowest BCUT2D eigenvalue weighted by molar-refractivity contribution is -0.137. The number of nitrogens with one attached hydrogen (secondary N) is 1. The largest absolute Gasteiger partial charge is 0.481 e. The molecule has 0 aromatic rings. The highest BCUT2D eigenvalue weighted by Crippen LogP contribution is 2.21. The van der Waals surface area contributed by atoms with E-state index in [9.17, 15) is 9.59 Å². The number of carboxylic acid groups (broad SMARTS) is 1. The Balaban J connectivity index is 2.34. The zero-order chi connectivity index (χ0) is 15.0. The summed E-state index contributed by atoms with van der Waals surface area (Å²) in [6.45, 7) is 6.51. The van der Waals surface area contributed by atoms with Crippen molar-refractivity contribution in [1.82, 2.24) is 10.2 Å². The Morgan fingerprint density at radius 1 is 1.35 bits per heavy atom. The summed E-state index contributed by atoms with van der Waals surface area (Å²) in [6, 6.07) is 0.0110. The van der Waals surface area contributed by atoms with E-state index in [2.05, 4.69) is 19.2 Å². The molecule has 0 radical (unpaired) electrons. The molecule has 0 aliphatic carbocycles. The first-order valence-corrected chi connectivity index (χ1v) is 7.81. The van der Waals surface area contributed by atoms with Gasteiger partial charge < -0.3 is 15.3 Å². The Morgan fingerprint density at radius 3 is 2.65 bits per heavy atom. The van der Waals surface area contributed by atoms with Gasteiger partial charge in [-0.05, 0) is 31.1 Å². The van der Waals surface area contributed by atoms with Gasteiger partial charge in [-0.1, -0.05) is 26.7 Å². The summed E-state index contributed by atoms with van der Waals surface area (Å²) < 4.78 is 0. The number of hydrogen-bond acceptors (Lipinski definition) is 2. The monoisotopic (exact) mass is 284 g/mol. The predicted molar refractivity (Wildman–Crippen MR) is 78.6 cm³/mol. The number of carbonyl (C=O) groups is 2. The molecule has 2 amide bonds. The Hall–Kier alpha value is -1.26. The average molecular weight is 284 g/mol. The number of urea groups is 1. The molecule has 1 unspecified atom stereocenters. The van der Waals surface area contributed by atoms with Gasteiger partial charge in [-0.3, -0.25) is 4.79 Å². The Morgan fingerprint density at radius 2 is 2.05 bits per heavy atom. The number of nitrogens with zero attached hydrogens (tertiary/aromatic N) is 1. The van der Waals surface area contributed by atoms with E-state index in [1.54, 1.807) is 0 Å². The van der Waals surface area contributed by atoms with Crippen molar-refractivity contribution >= 4 is 12.0 Å². The lowest BCUT2D eigenvalue weighted by Gasteiger charge is -2.33. The second-order valence-corrected chi connectivity index (χ2v) is 5.76. The molecule has 2 N–H and O–H groups in total. The summed E-state index contributed by atoms with van der Waals surface area (Å²) in [5.41, 5.74) is 0. The Labute approximate surface area is 121 Å². The molecule has 0 bridgehead atoms. The fourth-order valence-electron chi connectivity index (χ4n) is 2.73. The minimum absolute atomic E-state index is 0.0110. The van der Waals surface area contributed by atoms with Gasteiger partial charge in [-0.15, -0.1) is 0 Å². The molecule has 1 atom stereocenters. The van der Waals surface area contributed by atoms with Crippen LogP contribution in [0.2, 0.25) is 0 Å². The molecule has 0 aromatic carbocycles.